The summed E-state index contributed by atoms with van der Waals surface area (Å²) in [6, 6.07) is 0.448. The van der Waals surface area contributed by atoms with Crippen LogP contribution in [0.1, 0.15) is 26.2 Å². The lowest BCUT2D eigenvalue weighted by molar-refractivity contribution is -0.128. The average molecular weight is 213 g/mol. The molecule has 3 N–H and O–H groups in total. The largest absolute Gasteiger partial charge is 0.345 e. The first-order chi connectivity index (χ1) is 7.19. The lowest BCUT2D eigenvalue weighted by Crippen LogP contribution is -2.42. The number of nitrogens with one attached hydrogen (secondary N) is 1. The fraction of sp³-hybridized carbons (Fsp3) is 0.909. The van der Waals surface area contributed by atoms with E-state index in [9.17, 15) is 4.79 Å². The summed E-state index contributed by atoms with van der Waals surface area (Å²) in [5.41, 5.74) is 5.68. The third-order valence-corrected chi connectivity index (χ3v) is 3.38. The lowest BCUT2D eigenvalue weighted by Gasteiger charge is -2.21. The van der Waals surface area contributed by atoms with Crippen molar-refractivity contribution in [2.45, 2.75) is 32.2 Å². The van der Waals surface area contributed by atoms with E-state index in [1.54, 1.807) is 4.90 Å². The van der Waals surface area contributed by atoms with E-state index in [1.807, 2.05) is 14.0 Å². The predicted octanol–water partition coefficient (Wildman–Crippen LogP) is 0.182. The van der Waals surface area contributed by atoms with Gasteiger partial charge in [-0.15, -0.1) is 0 Å². The van der Waals surface area contributed by atoms with E-state index in [1.165, 1.54) is 12.8 Å². The molecule has 1 fully saturated rings. The molecule has 1 amide bonds. The van der Waals surface area contributed by atoms with Crippen LogP contribution < -0.4 is 11.1 Å². The van der Waals surface area contributed by atoms with Crippen LogP contribution in [0.2, 0.25) is 0 Å². The Morgan fingerprint density at radius 3 is 2.87 bits per heavy atom. The fourth-order valence-electron chi connectivity index (χ4n) is 2.12. The monoisotopic (exact) mass is 213 g/mol. The molecule has 0 bridgehead atoms. The van der Waals surface area contributed by atoms with Gasteiger partial charge in [0.15, 0.2) is 0 Å². The number of likely N-dealkylation sites (N-methyl/N-ethyl adjacent to an activating group) is 1. The van der Waals surface area contributed by atoms with Crippen molar-refractivity contribution in [1.82, 2.24) is 10.2 Å². The number of hydrogen-bond acceptors (Lipinski definition) is 3. The van der Waals surface area contributed by atoms with Crippen molar-refractivity contribution in [3.63, 3.8) is 0 Å². The Bertz CT molecular complexity index is 208. The first-order valence-electron chi connectivity index (χ1n) is 5.86. The second-order valence-corrected chi connectivity index (χ2v) is 4.32. The Hall–Kier alpha value is -0.610. The van der Waals surface area contributed by atoms with Gasteiger partial charge in [0.1, 0.15) is 0 Å². The zero-order valence-corrected chi connectivity index (χ0v) is 9.83. The van der Waals surface area contributed by atoms with E-state index in [-0.39, 0.29) is 5.91 Å². The molecule has 1 rings (SSSR count). The fourth-order valence-corrected chi connectivity index (χ4v) is 2.12. The van der Waals surface area contributed by atoms with Gasteiger partial charge in [-0.2, -0.15) is 0 Å². The summed E-state index contributed by atoms with van der Waals surface area (Å²) in [6.45, 7) is 3.93. The molecule has 1 aliphatic rings. The van der Waals surface area contributed by atoms with Crippen LogP contribution in [0.3, 0.4) is 0 Å². The first kappa shape index (κ1) is 12.5. The van der Waals surface area contributed by atoms with Crippen molar-refractivity contribution in [3.8, 4) is 0 Å². The molecular formula is C11H23N3O. The van der Waals surface area contributed by atoms with E-state index >= 15 is 0 Å². The summed E-state index contributed by atoms with van der Waals surface area (Å²) in [7, 11) is 1.83. The minimum atomic E-state index is 0.167. The van der Waals surface area contributed by atoms with Crippen LogP contribution in [0.25, 0.3) is 0 Å². The lowest BCUT2D eigenvalue weighted by atomic mass is 10.0. The molecule has 15 heavy (non-hydrogen) atoms. The Labute approximate surface area is 92.2 Å². The topological polar surface area (TPSA) is 58.4 Å². The molecule has 0 aromatic carbocycles. The van der Waals surface area contributed by atoms with Gasteiger partial charge in [0, 0.05) is 19.6 Å². The van der Waals surface area contributed by atoms with E-state index < -0.39 is 0 Å². The summed E-state index contributed by atoms with van der Waals surface area (Å²) >= 11 is 0. The number of nitrogens with two attached hydrogens (primary N) is 1. The van der Waals surface area contributed by atoms with E-state index in [0.29, 0.717) is 18.5 Å². The van der Waals surface area contributed by atoms with E-state index in [4.69, 9.17) is 5.73 Å². The van der Waals surface area contributed by atoms with Crippen LogP contribution in [0.15, 0.2) is 0 Å². The van der Waals surface area contributed by atoms with Crippen LogP contribution in [0, 0.1) is 5.92 Å². The van der Waals surface area contributed by atoms with Gasteiger partial charge in [0.05, 0.1) is 6.54 Å². The first-order valence-corrected chi connectivity index (χ1v) is 5.86. The number of rotatable bonds is 5. The molecule has 88 valence electrons. The Morgan fingerprint density at radius 1 is 1.53 bits per heavy atom. The van der Waals surface area contributed by atoms with Crippen molar-refractivity contribution in [3.05, 3.63) is 0 Å². The molecule has 2 unspecified atom stereocenters. The van der Waals surface area contributed by atoms with E-state index in [0.717, 1.165) is 19.5 Å². The maximum Gasteiger partial charge on any atom is 0.236 e. The van der Waals surface area contributed by atoms with Gasteiger partial charge >= 0.3 is 0 Å². The molecule has 1 saturated carbocycles. The van der Waals surface area contributed by atoms with Gasteiger partial charge < -0.3 is 16.0 Å². The van der Waals surface area contributed by atoms with Crippen molar-refractivity contribution >= 4 is 5.91 Å². The molecule has 0 heterocycles. The molecule has 0 aliphatic heterocycles. The van der Waals surface area contributed by atoms with Gasteiger partial charge in [0.2, 0.25) is 5.91 Å². The minimum Gasteiger partial charge on any atom is -0.345 e. The van der Waals surface area contributed by atoms with Gasteiger partial charge in [0.25, 0.3) is 0 Å². The molecule has 0 spiro atoms. The number of carbonyl (C=O) groups excluding carboxylic acids is 1. The Balaban J connectivity index is 2.27. The highest BCUT2D eigenvalue weighted by atomic mass is 16.2. The summed E-state index contributed by atoms with van der Waals surface area (Å²) < 4.78 is 0. The summed E-state index contributed by atoms with van der Waals surface area (Å²) in [5.74, 6) is 0.727. The van der Waals surface area contributed by atoms with Crippen LogP contribution in [-0.2, 0) is 4.79 Å². The summed E-state index contributed by atoms with van der Waals surface area (Å²) in [6.07, 6.45) is 3.59. The number of carbonyl (C=O) groups is 1. The van der Waals surface area contributed by atoms with Crippen LogP contribution in [0.5, 0.6) is 0 Å². The second-order valence-electron chi connectivity index (χ2n) is 4.32. The Kier molecular flexibility index (Phi) is 5.05. The quantitative estimate of drug-likeness (QED) is 0.685. The molecule has 2 atom stereocenters. The highest BCUT2D eigenvalue weighted by Gasteiger charge is 2.26. The zero-order valence-electron chi connectivity index (χ0n) is 9.83. The van der Waals surface area contributed by atoms with Gasteiger partial charge in [-0.1, -0.05) is 6.42 Å². The molecule has 0 aromatic heterocycles. The molecule has 0 radical (unpaired) electrons. The van der Waals surface area contributed by atoms with Crippen LogP contribution >= 0.6 is 0 Å². The van der Waals surface area contributed by atoms with Crippen molar-refractivity contribution in [2.75, 3.05) is 26.7 Å². The maximum atomic E-state index is 11.6. The molecule has 4 heteroatoms. The minimum absolute atomic E-state index is 0.167. The van der Waals surface area contributed by atoms with Crippen molar-refractivity contribution < 1.29 is 4.79 Å². The number of nitrogens with zero attached hydrogens (tertiary/aromatic N) is 1. The summed E-state index contributed by atoms with van der Waals surface area (Å²) in [5, 5.41) is 3.33. The third-order valence-electron chi connectivity index (χ3n) is 3.38. The SMILES string of the molecule is CCN(C)C(=O)CNC1CCCC1CN. The summed E-state index contributed by atoms with van der Waals surface area (Å²) in [4.78, 5) is 13.3. The molecule has 4 nitrogen and oxygen atoms in total. The van der Waals surface area contributed by atoms with Crippen LogP contribution in [-0.4, -0.2) is 43.5 Å². The predicted molar refractivity (Wildman–Crippen MR) is 61.5 cm³/mol. The van der Waals surface area contributed by atoms with Crippen molar-refractivity contribution in [1.29, 1.82) is 0 Å². The van der Waals surface area contributed by atoms with Crippen molar-refractivity contribution in [2.24, 2.45) is 11.7 Å². The maximum absolute atomic E-state index is 11.6. The highest BCUT2D eigenvalue weighted by Crippen LogP contribution is 2.24. The molecule has 1 aliphatic carbocycles. The smallest absolute Gasteiger partial charge is 0.236 e. The van der Waals surface area contributed by atoms with Crippen LogP contribution in [0.4, 0.5) is 0 Å². The van der Waals surface area contributed by atoms with E-state index in [2.05, 4.69) is 5.32 Å². The zero-order chi connectivity index (χ0) is 11.3. The number of amides is 1. The van der Waals surface area contributed by atoms with Gasteiger partial charge in [-0.25, -0.2) is 0 Å². The average Bonchev–Trinajstić information content (AvgIpc) is 2.71. The highest BCUT2D eigenvalue weighted by molar-refractivity contribution is 5.77. The molecule has 0 aromatic rings. The van der Waals surface area contributed by atoms with Gasteiger partial charge in [-0.3, -0.25) is 4.79 Å². The molecular weight excluding hydrogens is 190 g/mol. The normalized spacial score (nSPS) is 25.5. The van der Waals surface area contributed by atoms with Gasteiger partial charge in [-0.05, 0) is 32.2 Å². The second kappa shape index (κ2) is 6.08. The standard InChI is InChI=1S/C11H23N3O/c1-3-14(2)11(15)8-13-10-6-4-5-9(10)7-12/h9-10,13H,3-8,12H2,1-2H3. The Morgan fingerprint density at radius 2 is 2.27 bits per heavy atom. The number of hydrogen-bond donors (Lipinski definition) is 2. The third kappa shape index (κ3) is 3.47. The molecule has 0 saturated heterocycles.